The Morgan fingerprint density at radius 2 is 1.58 bits per heavy atom. The van der Waals surface area contributed by atoms with Gasteiger partial charge in [-0.15, -0.1) is 0 Å². The zero-order valence-corrected chi connectivity index (χ0v) is 16.4. The number of nitrogens with zero attached hydrogens (tertiary/aromatic N) is 1. The first-order valence-electron chi connectivity index (χ1n) is 9.20. The number of sulfonamides is 1. The summed E-state index contributed by atoms with van der Waals surface area (Å²) in [6.45, 7) is 0.393. The van der Waals surface area contributed by atoms with Gasteiger partial charge in [0.2, 0.25) is 10.0 Å². The topological polar surface area (TPSA) is 49.4 Å². The SMILES string of the molecule is CN(C)[C@H](CNS(=O)(=O)CCC1Cc2ccccc2C1)c1ccccc1. The summed E-state index contributed by atoms with van der Waals surface area (Å²) in [4.78, 5) is 2.05. The summed E-state index contributed by atoms with van der Waals surface area (Å²) in [6, 6.07) is 18.5. The molecule has 0 fully saturated rings. The van der Waals surface area contributed by atoms with Crippen molar-refractivity contribution in [2.45, 2.75) is 25.3 Å². The largest absolute Gasteiger partial charge is 0.301 e. The molecule has 140 valence electrons. The molecule has 2 aromatic rings. The Kier molecular flexibility index (Phi) is 6.12. The molecule has 0 heterocycles. The molecule has 3 rings (SSSR count). The zero-order valence-electron chi connectivity index (χ0n) is 15.6. The van der Waals surface area contributed by atoms with E-state index in [0.717, 1.165) is 18.4 Å². The lowest BCUT2D eigenvalue weighted by molar-refractivity contribution is 0.299. The third-order valence-electron chi connectivity index (χ3n) is 5.23. The number of nitrogens with one attached hydrogen (secondary N) is 1. The number of hydrogen-bond acceptors (Lipinski definition) is 3. The van der Waals surface area contributed by atoms with Gasteiger partial charge in [0.1, 0.15) is 0 Å². The summed E-state index contributed by atoms with van der Waals surface area (Å²) in [5, 5.41) is 0. The van der Waals surface area contributed by atoms with Crippen LogP contribution in [0.3, 0.4) is 0 Å². The lowest BCUT2D eigenvalue weighted by atomic mass is 10.0. The quantitative estimate of drug-likeness (QED) is 0.775. The summed E-state index contributed by atoms with van der Waals surface area (Å²) in [6.07, 6.45) is 2.70. The first-order valence-corrected chi connectivity index (χ1v) is 10.9. The highest BCUT2D eigenvalue weighted by molar-refractivity contribution is 7.89. The lowest BCUT2D eigenvalue weighted by Gasteiger charge is -2.25. The number of fused-ring (bicyclic) bond motifs is 1. The van der Waals surface area contributed by atoms with Gasteiger partial charge in [-0.25, -0.2) is 13.1 Å². The minimum atomic E-state index is -3.27. The van der Waals surface area contributed by atoms with Crippen LogP contribution in [0, 0.1) is 5.92 Å². The van der Waals surface area contributed by atoms with E-state index in [0.29, 0.717) is 18.9 Å². The second-order valence-electron chi connectivity index (χ2n) is 7.39. The summed E-state index contributed by atoms with van der Waals surface area (Å²) in [5.74, 6) is 0.628. The standard InChI is InChI=1S/C21H28N2O2S/c1-23(2)21(18-8-4-3-5-9-18)16-22-26(24,25)13-12-17-14-19-10-6-7-11-20(19)15-17/h3-11,17,21-22H,12-16H2,1-2H3/t21-/m1/s1. The van der Waals surface area contributed by atoms with Crippen molar-refractivity contribution in [2.75, 3.05) is 26.4 Å². The van der Waals surface area contributed by atoms with E-state index in [4.69, 9.17) is 0 Å². The van der Waals surface area contributed by atoms with E-state index in [2.05, 4.69) is 29.0 Å². The molecule has 0 amide bonds. The summed E-state index contributed by atoms with van der Waals surface area (Å²) < 4.78 is 27.8. The number of benzene rings is 2. The fourth-order valence-corrected chi connectivity index (χ4v) is 4.93. The molecule has 5 heteroatoms. The molecule has 0 aromatic heterocycles. The van der Waals surface area contributed by atoms with E-state index < -0.39 is 10.0 Å². The van der Waals surface area contributed by atoms with Crippen LogP contribution in [0.25, 0.3) is 0 Å². The van der Waals surface area contributed by atoms with Crippen molar-refractivity contribution < 1.29 is 8.42 Å². The molecule has 26 heavy (non-hydrogen) atoms. The number of rotatable bonds is 8. The van der Waals surface area contributed by atoms with Crippen LogP contribution in [0.15, 0.2) is 54.6 Å². The van der Waals surface area contributed by atoms with Crippen LogP contribution < -0.4 is 4.72 Å². The van der Waals surface area contributed by atoms with Gasteiger partial charge in [-0.2, -0.15) is 0 Å². The molecule has 4 nitrogen and oxygen atoms in total. The van der Waals surface area contributed by atoms with Crippen molar-refractivity contribution in [2.24, 2.45) is 5.92 Å². The Bertz CT molecular complexity index is 794. The predicted octanol–water partition coefficient (Wildman–Crippen LogP) is 3.01. The molecular weight excluding hydrogens is 344 g/mol. The third kappa shape index (κ3) is 4.93. The van der Waals surface area contributed by atoms with Gasteiger partial charge in [0, 0.05) is 12.6 Å². The van der Waals surface area contributed by atoms with E-state index in [9.17, 15) is 8.42 Å². The van der Waals surface area contributed by atoms with Crippen LogP contribution in [0.4, 0.5) is 0 Å². The molecule has 0 bridgehead atoms. The van der Waals surface area contributed by atoms with Crippen molar-refractivity contribution >= 4 is 10.0 Å². The van der Waals surface area contributed by atoms with E-state index in [1.807, 2.05) is 49.3 Å². The third-order valence-corrected chi connectivity index (χ3v) is 6.61. The minimum Gasteiger partial charge on any atom is -0.301 e. The molecule has 0 aliphatic heterocycles. The minimum absolute atomic E-state index is 0.0294. The van der Waals surface area contributed by atoms with Crippen LogP contribution >= 0.6 is 0 Å². The molecule has 1 aliphatic carbocycles. The van der Waals surface area contributed by atoms with Crippen LogP contribution in [-0.4, -0.2) is 39.7 Å². The van der Waals surface area contributed by atoms with Gasteiger partial charge in [0.25, 0.3) is 0 Å². The van der Waals surface area contributed by atoms with Crippen LogP contribution in [-0.2, 0) is 22.9 Å². The number of likely N-dealkylation sites (N-methyl/N-ethyl adjacent to an activating group) is 1. The lowest BCUT2D eigenvalue weighted by Crippen LogP contribution is -2.36. The van der Waals surface area contributed by atoms with Crippen molar-refractivity contribution in [3.63, 3.8) is 0 Å². The van der Waals surface area contributed by atoms with E-state index >= 15 is 0 Å². The monoisotopic (exact) mass is 372 g/mol. The molecule has 1 atom stereocenters. The van der Waals surface area contributed by atoms with Gasteiger partial charge >= 0.3 is 0 Å². The van der Waals surface area contributed by atoms with Gasteiger partial charge in [0.05, 0.1) is 5.75 Å². The molecule has 1 aliphatic rings. The van der Waals surface area contributed by atoms with E-state index in [1.165, 1.54) is 11.1 Å². The zero-order chi connectivity index (χ0) is 18.6. The van der Waals surface area contributed by atoms with Crippen LogP contribution in [0.1, 0.15) is 29.2 Å². The van der Waals surface area contributed by atoms with Crippen molar-refractivity contribution in [3.8, 4) is 0 Å². The van der Waals surface area contributed by atoms with Gasteiger partial charge in [-0.3, -0.25) is 0 Å². The molecule has 0 radical (unpaired) electrons. The highest BCUT2D eigenvalue weighted by Gasteiger charge is 2.24. The molecule has 1 N–H and O–H groups in total. The maximum Gasteiger partial charge on any atom is 0.211 e. The second kappa shape index (κ2) is 8.33. The first kappa shape index (κ1) is 19.1. The van der Waals surface area contributed by atoms with E-state index in [1.54, 1.807) is 0 Å². The van der Waals surface area contributed by atoms with Gasteiger partial charge in [-0.1, -0.05) is 54.6 Å². The Balaban J connectivity index is 1.52. The molecule has 0 unspecified atom stereocenters. The molecule has 2 aromatic carbocycles. The van der Waals surface area contributed by atoms with Gasteiger partial charge < -0.3 is 4.90 Å². The molecule has 0 spiro atoms. The average Bonchev–Trinajstić information content (AvgIpc) is 3.04. The maximum atomic E-state index is 12.5. The Morgan fingerprint density at radius 3 is 2.15 bits per heavy atom. The summed E-state index contributed by atoms with van der Waals surface area (Å²) in [7, 11) is 0.678. The van der Waals surface area contributed by atoms with Gasteiger partial charge in [-0.05, 0) is 56.0 Å². The number of hydrogen-bond donors (Lipinski definition) is 1. The fraction of sp³-hybridized carbons (Fsp3) is 0.429. The maximum absolute atomic E-state index is 12.5. The normalized spacial score (nSPS) is 16.0. The Hall–Kier alpha value is -1.69. The Morgan fingerprint density at radius 1 is 1.00 bits per heavy atom. The predicted molar refractivity (Wildman–Crippen MR) is 107 cm³/mol. The first-order chi connectivity index (χ1) is 12.4. The average molecular weight is 373 g/mol. The van der Waals surface area contributed by atoms with Crippen LogP contribution in [0.5, 0.6) is 0 Å². The fourth-order valence-electron chi connectivity index (χ4n) is 3.73. The molecule has 0 saturated carbocycles. The Labute approximate surface area is 157 Å². The summed E-state index contributed by atoms with van der Waals surface area (Å²) in [5.41, 5.74) is 3.87. The van der Waals surface area contributed by atoms with Crippen molar-refractivity contribution in [1.29, 1.82) is 0 Å². The van der Waals surface area contributed by atoms with Crippen molar-refractivity contribution in [3.05, 3.63) is 71.3 Å². The molecular formula is C21H28N2O2S. The second-order valence-corrected chi connectivity index (χ2v) is 9.32. The highest BCUT2D eigenvalue weighted by Crippen LogP contribution is 2.28. The van der Waals surface area contributed by atoms with Crippen molar-refractivity contribution in [1.82, 2.24) is 9.62 Å². The van der Waals surface area contributed by atoms with Gasteiger partial charge in [0.15, 0.2) is 0 Å². The van der Waals surface area contributed by atoms with E-state index in [-0.39, 0.29) is 11.8 Å². The smallest absolute Gasteiger partial charge is 0.211 e. The summed E-state index contributed by atoms with van der Waals surface area (Å²) >= 11 is 0. The van der Waals surface area contributed by atoms with Crippen LogP contribution in [0.2, 0.25) is 0 Å². The molecule has 0 saturated heterocycles. The highest BCUT2D eigenvalue weighted by atomic mass is 32.2.